The van der Waals surface area contributed by atoms with Gasteiger partial charge in [0.25, 0.3) is 0 Å². The molecule has 86 heavy (non-hydrogen) atoms. The average Bonchev–Trinajstić information content (AvgIpc) is 3.69. The van der Waals surface area contributed by atoms with E-state index in [1.807, 2.05) is 6.08 Å². The van der Waals surface area contributed by atoms with Gasteiger partial charge in [-0.15, -0.1) is 0 Å². The lowest BCUT2D eigenvalue weighted by Crippen LogP contribution is -2.60. The van der Waals surface area contributed by atoms with Crippen LogP contribution in [-0.2, 0) is 23.8 Å². The average molecular weight is 1220 g/mol. The Labute approximate surface area is 530 Å². The van der Waals surface area contributed by atoms with Crippen molar-refractivity contribution in [1.82, 2.24) is 5.32 Å². The summed E-state index contributed by atoms with van der Waals surface area (Å²) in [5.74, 6) is -0.175. The van der Waals surface area contributed by atoms with E-state index in [0.717, 1.165) is 51.4 Å². The molecule has 6 N–H and O–H groups in total. The minimum Gasteiger partial charge on any atom is -0.466 e. The van der Waals surface area contributed by atoms with Crippen molar-refractivity contribution in [1.29, 1.82) is 0 Å². The predicted octanol–water partition coefficient (Wildman–Crippen LogP) is 19.4. The molecule has 1 aliphatic heterocycles. The smallest absolute Gasteiger partial charge is 0.305 e. The van der Waals surface area contributed by atoms with Gasteiger partial charge in [0.1, 0.15) is 24.4 Å². The highest BCUT2D eigenvalue weighted by Gasteiger charge is 2.44. The molecule has 11 nitrogen and oxygen atoms in total. The first-order valence-electron chi connectivity index (χ1n) is 37.3. The van der Waals surface area contributed by atoms with E-state index in [1.165, 1.54) is 289 Å². The second-order valence-corrected chi connectivity index (χ2v) is 26.0. The lowest BCUT2D eigenvalue weighted by Gasteiger charge is -2.40. The Kier molecular flexibility index (Phi) is 61.3. The minimum atomic E-state index is -1.58. The summed E-state index contributed by atoms with van der Waals surface area (Å²) in [4.78, 5) is 25.1. The summed E-state index contributed by atoms with van der Waals surface area (Å²) < 4.78 is 16.7. The molecule has 1 aliphatic rings. The van der Waals surface area contributed by atoms with E-state index in [-0.39, 0.29) is 18.5 Å². The Morgan fingerprint density at radius 1 is 0.419 bits per heavy atom. The Hall–Kier alpha value is -2.12. The maximum absolute atomic E-state index is 13.1. The molecule has 0 saturated carbocycles. The number of carbonyl (C=O) groups excluding carboxylic acids is 2. The van der Waals surface area contributed by atoms with Crippen LogP contribution in [0, 0.1) is 0 Å². The molecule has 506 valence electrons. The summed E-state index contributed by atoms with van der Waals surface area (Å²) >= 11 is 0. The van der Waals surface area contributed by atoms with Crippen LogP contribution in [0.15, 0.2) is 36.5 Å². The number of hydrogen-bond donors (Lipinski definition) is 6. The molecule has 0 aromatic rings. The van der Waals surface area contributed by atoms with Gasteiger partial charge in [0, 0.05) is 12.8 Å². The fourth-order valence-electron chi connectivity index (χ4n) is 11.9. The fourth-order valence-corrected chi connectivity index (χ4v) is 11.9. The monoisotopic (exact) mass is 1220 g/mol. The van der Waals surface area contributed by atoms with Gasteiger partial charge in [0.2, 0.25) is 5.91 Å². The molecule has 1 rings (SSSR count). The largest absolute Gasteiger partial charge is 0.466 e. The van der Waals surface area contributed by atoms with Gasteiger partial charge < -0.3 is 45.1 Å². The summed E-state index contributed by atoms with van der Waals surface area (Å²) in [6, 6.07) is -0.825. The lowest BCUT2D eigenvalue weighted by atomic mass is 9.99. The van der Waals surface area contributed by atoms with Gasteiger partial charge in [-0.1, -0.05) is 320 Å². The molecule has 1 fully saturated rings. The third-order valence-corrected chi connectivity index (χ3v) is 17.7. The minimum absolute atomic E-state index is 0.0123. The van der Waals surface area contributed by atoms with Crippen molar-refractivity contribution in [3.8, 4) is 0 Å². The van der Waals surface area contributed by atoms with Gasteiger partial charge >= 0.3 is 5.97 Å². The van der Waals surface area contributed by atoms with Crippen LogP contribution in [-0.4, -0.2) is 100 Å². The molecule has 0 spiro atoms. The molecule has 7 unspecified atom stereocenters. The maximum Gasteiger partial charge on any atom is 0.305 e. The number of amides is 1. The van der Waals surface area contributed by atoms with E-state index >= 15 is 0 Å². The van der Waals surface area contributed by atoms with Crippen LogP contribution in [0.5, 0.6) is 0 Å². The third-order valence-electron chi connectivity index (χ3n) is 17.7. The summed E-state index contributed by atoms with van der Waals surface area (Å²) in [5, 5.41) is 54.5. The molecule has 11 heteroatoms. The molecule has 1 saturated heterocycles. The van der Waals surface area contributed by atoms with Gasteiger partial charge in [-0.2, -0.15) is 0 Å². The highest BCUT2D eigenvalue weighted by Crippen LogP contribution is 2.23. The molecule has 1 heterocycles. The number of rotatable bonds is 66. The van der Waals surface area contributed by atoms with Crippen LogP contribution in [0.2, 0.25) is 0 Å². The number of hydrogen-bond acceptors (Lipinski definition) is 10. The Bertz CT molecular complexity index is 1520. The number of ether oxygens (including phenoxy) is 3. The van der Waals surface area contributed by atoms with E-state index in [1.54, 1.807) is 6.08 Å². The van der Waals surface area contributed by atoms with Crippen LogP contribution in [0.3, 0.4) is 0 Å². The van der Waals surface area contributed by atoms with Crippen LogP contribution in [0.1, 0.15) is 367 Å². The highest BCUT2D eigenvalue weighted by atomic mass is 16.7. The normalized spacial score (nSPS) is 18.1. The number of aliphatic hydroxyl groups is 5. The SMILES string of the molecule is CCCCCCCCC/C=C/CC/C=C/C(O)C(COC1OC(CO)C(O)C(O)C1O)NC(=O)CCCCCCCCCCCCCCCCCCC/C=C\CCCCCCCCCCCCCCOC(=O)CCCCCCCCCCCCCC. The zero-order valence-electron chi connectivity index (χ0n) is 56.3. The van der Waals surface area contributed by atoms with E-state index in [2.05, 4.69) is 43.5 Å². The number of allylic oxidation sites excluding steroid dienone is 5. The first-order chi connectivity index (χ1) is 42.2. The molecule has 0 aromatic heterocycles. The van der Waals surface area contributed by atoms with Crippen molar-refractivity contribution in [2.45, 2.75) is 410 Å². The quantitative estimate of drug-likeness (QED) is 0.0195. The predicted molar refractivity (Wildman–Crippen MR) is 361 cm³/mol. The van der Waals surface area contributed by atoms with Crippen molar-refractivity contribution < 1.29 is 49.3 Å². The van der Waals surface area contributed by atoms with Gasteiger partial charge in [-0.05, 0) is 70.6 Å². The molecule has 0 aliphatic carbocycles. The van der Waals surface area contributed by atoms with Gasteiger partial charge in [-0.3, -0.25) is 9.59 Å². The fraction of sp³-hybridized carbons (Fsp3) is 0.893. The second-order valence-electron chi connectivity index (χ2n) is 26.0. The van der Waals surface area contributed by atoms with Crippen molar-refractivity contribution in [3.63, 3.8) is 0 Å². The molecular weight excluding hydrogens is 1070 g/mol. The van der Waals surface area contributed by atoms with Crippen LogP contribution in [0.4, 0.5) is 0 Å². The number of nitrogens with one attached hydrogen (secondary N) is 1. The molecule has 0 bridgehead atoms. The molecular formula is C75H141NO10. The summed E-state index contributed by atoms with van der Waals surface area (Å²) in [7, 11) is 0. The van der Waals surface area contributed by atoms with Crippen molar-refractivity contribution in [3.05, 3.63) is 36.5 Å². The molecule has 0 aromatic carbocycles. The van der Waals surface area contributed by atoms with E-state index < -0.39 is 49.5 Å². The topological polar surface area (TPSA) is 175 Å². The van der Waals surface area contributed by atoms with Crippen molar-refractivity contribution >= 4 is 11.9 Å². The van der Waals surface area contributed by atoms with Gasteiger partial charge in [0.05, 0.1) is 32.0 Å². The van der Waals surface area contributed by atoms with Crippen molar-refractivity contribution in [2.24, 2.45) is 0 Å². The zero-order valence-corrected chi connectivity index (χ0v) is 56.3. The Balaban J connectivity index is 1.94. The van der Waals surface area contributed by atoms with Crippen LogP contribution < -0.4 is 5.32 Å². The molecule has 1 amide bonds. The first-order valence-corrected chi connectivity index (χ1v) is 37.3. The van der Waals surface area contributed by atoms with E-state index in [4.69, 9.17) is 14.2 Å². The van der Waals surface area contributed by atoms with Crippen molar-refractivity contribution in [2.75, 3.05) is 19.8 Å². The van der Waals surface area contributed by atoms with Gasteiger partial charge in [0.15, 0.2) is 6.29 Å². The van der Waals surface area contributed by atoms with Gasteiger partial charge in [-0.25, -0.2) is 0 Å². The Morgan fingerprint density at radius 2 is 0.756 bits per heavy atom. The van der Waals surface area contributed by atoms with E-state index in [9.17, 15) is 35.1 Å². The molecule has 7 atom stereocenters. The number of aliphatic hydroxyl groups excluding tert-OH is 5. The zero-order chi connectivity index (χ0) is 62.3. The summed E-state index contributed by atoms with van der Waals surface area (Å²) in [5.41, 5.74) is 0. The summed E-state index contributed by atoms with van der Waals surface area (Å²) in [6.45, 7) is 4.36. The second kappa shape index (κ2) is 64.4. The maximum atomic E-state index is 13.1. The number of unbranched alkanes of at least 4 members (excludes halogenated alkanes) is 48. The molecule has 0 radical (unpaired) electrons. The number of esters is 1. The summed E-state index contributed by atoms with van der Waals surface area (Å²) in [6.07, 6.45) is 73.0. The third kappa shape index (κ3) is 52.6. The van der Waals surface area contributed by atoms with Crippen LogP contribution in [0.25, 0.3) is 0 Å². The highest BCUT2D eigenvalue weighted by molar-refractivity contribution is 5.76. The number of carbonyl (C=O) groups is 2. The lowest BCUT2D eigenvalue weighted by molar-refractivity contribution is -0.302. The van der Waals surface area contributed by atoms with E-state index in [0.29, 0.717) is 19.4 Å². The first kappa shape index (κ1) is 81.9. The Morgan fingerprint density at radius 3 is 1.15 bits per heavy atom. The standard InChI is InChI=1S/C75H141NO10/c1-3-5-7-9-11-13-15-38-41-45-49-53-57-61-68(78)67(66-85-75-74(83)73(82)72(81)69(65-77)86-75)76-70(79)62-58-54-50-46-42-39-36-34-32-30-28-26-24-22-20-18-17-19-21-23-25-27-29-31-33-35-37-40-44-48-52-56-60-64-84-71(80)63-59-55-51-47-43-16-14-12-10-8-6-4-2/h21,23,41,45,57,61,67-69,72-75,77-78,81-83H,3-20,22,24-40,42-44,46-56,58-60,62-66H2,1-2H3,(H,76,79)/b23-21-,45-41+,61-57+. The van der Waals surface area contributed by atoms with Crippen LogP contribution >= 0.6 is 0 Å².